The topological polar surface area (TPSA) is 162 Å². The first kappa shape index (κ1) is 48.9. The van der Waals surface area contributed by atoms with E-state index in [1.54, 1.807) is 41.9 Å². The predicted molar refractivity (Wildman–Crippen MR) is 281 cm³/mol. The number of nitrogens with zero attached hydrogens (tertiary/aromatic N) is 6. The van der Waals surface area contributed by atoms with Crippen molar-refractivity contribution >= 4 is 80.9 Å². The van der Waals surface area contributed by atoms with Gasteiger partial charge in [-0.1, -0.05) is 162 Å². The van der Waals surface area contributed by atoms with Gasteiger partial charge in [0.1, 0.15) is 33.8 Å². The third-order valence-electron chi connectivity index (χ3n) is 11.4. The fourth-order valence-corrected chi connectivity index (χ4v) is 11.5. The Morgan fingerprint density at radius 3 is 1.92 bits per heavy atom. The van der Waals surface area contributed by atoms with Gasteiger partial charge in [-0.3, -0.25) is 19.8 Å². The molecular formula is C53H48N8O6S4. The minimum atomic E-state index is -1.36. The van der Waals surface area contributed by atoms with Crippen LogP contribution in [-0.4, -0.2) is 82.1 Å². The summed E-state index contributed by atoms with van der Waals surface area (Å²) in [7, 11) is 1.82. The number of aryl methyl sites for hydroxylation is 1. The molecule has 360 valence electrons. The van der Waals surface area contributed by atoms with Gasteiger partial charge < -0.3 is 19.6 Å². The lowest BCUT2D eigenvalue weighted by atomic mass is 9.80. The van der Waals surface area contributed by atoms with Gasteiger partial charge in [0.05, 0.1) is 11.9 Å². The minimum absolute atomic E-state index is 0.0913. The molecule has 1 fully saturated rings. The van der Waals surface area contributed by atoms with Gasteiger partial charge in [-0.25, -0.2) is 14.5 Å². The number of oxime groups is 1. The Balaban J connectivity index is 1.06. The van der Waals surface area contributed by atoms with E-state index >= 15 is 0 Å². The van der Waals surface area contributed by atoms with Crippen LogP contribution >= 0.6 is 47.1 Å². The summed E-state index contributed by atoms with van der Waals surface area (Å²) in [4.78, 5) is 55.7. The summed E-state index contributed by atoms with van der Waals surface area (Å²) in [5.74, 6) is -0.187. The van der Waals surface area contributed by atoms with Crippen molar-refractivity contribution in [2.45, 2.75) is 54.5 Å². The summed E-state index contributed by atoms with van der Waals surface area (Å²) >= 11 is 10.3. The number of thiazole rings is 1. The molecule has 4 heterocycles. The van der Waals surface area contributed by atoms with Gasteiger partial charge in [0.2, 0.25) is 10.7 Å². The summed E-state index contributed by atoms with van der Waals surface area (Å²) in [6.45, 7) is 5.26. The van der Waals surface area contributed by atoms with E-state index in [4.69, 9.17) is 31.7 Å². The minimum Gasteiger partial charge on any atom is -0.469 e. The molecule has 71 heavy (non-hydrogen) atoms. The summed E-state index contributed by atoms with van der Waals surface area (Å²) in [6, 6.07) is 47.3. The lowest BCUT2D eigenvalue weighted by Crippen LogP contribution is -2.71. The third kappa shape index (κ3) is 10.8. The van der Waals surface area contributed by atoms with E-state index in [0.717, 1.165) is 49.8 Å². The molecule has 0 radical (unpaired) electrons. The Kier molecular flexibility index (Phi) is 14.8. The van der Waals surface area contributed by atoms with E-state index in [2.05, 4.69) is 25.9 Å². The first-order valence-corrected chi connectivity index (χ1v) is 25.9. The van der Waals surface area contributed by atoms with Crippen LogP contribution in [0, 0.1) is 0 Å². The van der Waals surface area contributed by atoms with E-state index in [0.29, 0.717) is 17.2 Å². The number of hydrogen-bond donors (Lipinski definition) is 2. The van der Waals surface area contributed by atoms with Crippen LogP contribution in [-0.2, 0) is 36.5 Å². The van der Waals surface area contributed by atoms with Crippen LogP contribution in [0.1, 0.15) is 60.4 Å². The number of benzene rings is 5. The highest BCUT2D eigenvalue weighted by atomic mass is 32.2. The van der Waals surface area contributed by atoms with Crippen LogP contribution in [0.25, 0.3) is 0 Å². The van der Waals surface area contributed by atoms with Crippen LogP contribution in [0.15, 0.2) is 185 Å². The normalized spacial score (nSPS) is 15.9. The number of nitrogens with one attached hydrogen (secondary N) is 2. The van der Waals surface area contributed by atoms with Gasteiger partial charge in [0, 0.05) is 40.6 Å². The molecule has 0 aliphatic carbocycles. The zero-order valence-corrected chi connectivity index (χ0v) is 42.3. The average Bonchev–Trinajstić information content (AvgIpc) is 4.03. The summed E-state index contributed by atoms with van der Waals surface area (Å²) < 4.78 is 13.9. The Morgan fingerprint density at radius 1 is 0.845 bits per heavy atom. The van der Waals surface area contributed by atoms with Crippen LogP contribution in [0.5, 0.6) is 0 Å². The van der Waals surface area contributed by atoms with Gasteiger partial charge >= 0.3 is 6.09 Å². The van der Waals surface area contributed by atoms with Gasteiger partial charge in [-0.05, 0) is 49.7 Å². The molecule has 2 atom stereocenters. The molecule has 2 N–H and O–H groups in total. The number of carbonyl (C=O) groups excluding carboxylic acids is 3. The first-order chi connectivity index (χ1) is 34.4. The smallest absolute Gasteiger partial charge is 0.413 e. The number of rotatable bonds is 16. The lowest BCUT2D eigenvalue weighted by Gasteiger charge is -2.50. The number of aromatic nitrogens is 4. The van der Waals surface area contributed by atoms with Crippen molar-refractivity contribution in [1.82, 2.24) is 30.2 Å². The molecule has 0 saturated carbocycles. The quantitative estimate of drug-likeness (QED) is 0.0236. The SMILES string of the molecule is Cn1nncc1SCC1=C(C(=S)OC(c2ccccc2)c2ccccc2)N2C(=O)[C@@H](NC(=O)/C(=N/OC(c3ccccc3)(c3ccccc3)c3ccccc3)c3csc(NC(=O)OC(C)(C)C)n3)[C@H]2SC1. The van der Waals surface area contributed by atoms with E-state index < -0.39 is 46.6 Å². The molecule has 2 aromatic heterocycles. The van der Waals surface area contributed by atoms with Gasteiger partial charge in [0.15, 0.2) is 10.8 Å². The second kappa shape index (κ2) is 21.5. The fourth-order valence-electron chi connectivity index (χ4n) is 8.14. The van der Waals surface area contributed by atoms with Crippen LogP contribution in [0.2, 0.25) is 0 Å². The van der Waals surface area contributed by atoms with Crippen molar-refractivity contribution in [2.24, 2.45) is 12.2 Å². The van der Waals surface area contributed by atoms with Crippen LogP contribution in [0.4, 0.5) is 9.93 Å². The Morgan fingerprint density at radius 2 is 1.39 bits per heavy atom. The molecule has 9 rings (SSSR count). The highest BCUT2D eigenvalue weighted by molar-refractivity contribution is 8.01. The molecule has 0 bridgehead atoms. The number of ether oxygens (including phenoxy) is 2. The molecule has 18 heteroatoms. The van der Waals surface area contributed by atoms with Gasteiger partial charge in [-0.15, -0.1) is 40.0 Å². The third-order valence-corrected chi connectivity index (χ3v) is 15.0. The van der Waals surface area contributed by atoms with Crippen molar-refractivity contribution in [3.63, 3.8) is 0 Å². The molecule has 0 unspecified atom stereocenters. The van der Waals surface area contributed by atoms with Crippen molar-refractivity contribution < 1.29 is 28.7 Å². The molecule has 3 amide bonds. The van der Waals surface area contributed by atoms with E-state index in [-0.39, 0.29) is 21.6 Å². The highest BCUT2D eigenvalue weighted by Gasteiger charge is 2.54. The van der Waals surface area contributed by atoms with E-state index in [1.807, 2.05) is 159 Å². The number of hydrogen-bond acceptors (Lipinski definition) is 14. The fraction of sp³-hybridized carbons (Fsp3) is 0.208. The lowest BCUT2D eigenvalue weighted by molar-refractivity contribution is -0.144. The highest BCUT2D eigenvalue weighted by Crippen LogP contribution is 2.44. The maximum Gasteiger partial charge on any atom is 0.413 e. The summed E-state index contributed by atoms with van der Waals surface area (Å²) in [5, 5.41) is 20.6. The molecule has 2 aliphatic heterocycles. The van der Waals surface area contributed by atoms with Gasteiger partial charge in [0.25, 0.3) is 11.8 Å². The predicted octanol–water partition coefficient (Wildman–Crippen LogP) is 9.91. The Labute approximate surface area is 428 Å². The number of fused-ring (bicyclic) bond motifs is 1. The number of carbonyl (C=O) groups is 3. The van der Waals surface area contributed by atoms with Crippen LogP contribution < -0.4 is 10.6 Å². The van der Waals surface area contributed by atoms with E-state index in [1.165, 1.54) is 23.5 Å². The van der Waals surface area contributed by atoms with E-state index in [9.17, 15) is 14.4 Å². The Bertz CT molecular complexity index is 2940. The number of amides is 3. The second-order valence-electron chi connectivity index (χ2n) is 17.4. The molecule has 14 nitrogen and oxygen atoms in total. The molecule has 1 saturated heterocycles. The number of anilines is 1. The standard InChI is InChI=1S/C53H48N8O6S4/c1-52(2,3)66-51(64)57-50-55-40(33-71-50)42(58-67-53(37-24-14-7-15-25-37,38-26-16-8-17-27-38)39-28-18-9-19-29-39)46(62)56-43-47(63)61-44(36(32-70-48(43)61)31-69-41-30-54-59-60(41)4)49(68)65-45(34-20-10-5-11-21-34)35-22-12-6-13-23-35/h5-30,33,43,45,48H,31-32H2,1-4H3,(H,56,62)(H,55,57,64)/b58-42+/t43-,48-/m1/s1. The van der Waals surface area contributed by atoms with Crippen LogP contribution in [0.3, 0.4) is 0 Å². The molecule has 5 aromatic carbocycles. The number of thiocarbonyl (C=S) groups is 1. The molecule has 2 aliphatic rings. The summed E-state index contributed by atoms with van der Waals surface area (Å²) in [5.41, 5.74) is 3.07. The monoisotopic (exact) mass is 1020 g/mol. The second-order valence-corrected chi connectivity index (χ2v) is 20.7. The van der Waals surface area contributed by atoms with Crippen molar-refractivity contribution in [1.29, 1.82) is 0 Å². The number of thioether (sulfide) groups is 2. The van der Waals surface area contributed by atoms with Crippen molar-refractivity contribution in [3.8, 4) is 0 Å². The molecule has 7 aromatic rings. The molecule has 0 spiro atoms. The zero-order chi connectivity index (χ0) is 49.5. The average molecular weight is 1020 g/mol. The first-order valence-electron chi connectivity index (χ1n) is 22.5. The largest absolute Gasteiger partial charge is 0.469 e. The molecular weight excluding hydrogens is 973 g/mol. The maximum atomic E-state index is 15.0. The Hall–Kier alpha value is -7.12. The van der Waals surface area contributed by atoms with Gasteiger partial charge in [-0.2, -0.15) is 0 Å². The summed E-state index contributed by atoms with van der Waals surface area (Å²) in [6.07, 6.45) is 0.391. The maximum absolute atomic E-state index is 15.0. The van der Waals surface area contributed by atoms with Crippen molar-refractivity contribution in [3.05, 3.63) is 208 Å². The number of β-lactam (4-membered cyclic amide) rings is 1. The van der Waals surface area contributed by atoms with Crippen molar-refractivity contribution in [2.75, 3.05) is 16.8 Å². The zero-order valence-electron chi connectivity index (χ0n) is 39.0.